The molecule has 0 spiro atoms. The highest BCUT2D eigenvalue weighted by Gasteiger charge is 2.15. The van der Waals surface area contributed by atoms with Gasteiger partial charge in [-0.1, -0.05) is 24.3 Å². The van der Waals surface area contributed by atoms with E-state index >= 15 is 0 Å². The van der Waals surface area contributed by atoms with Gasteiger partial charge in [0.25, 0.3) is 5.91 Å². The molecule has 1 heterocycles. The highest BCUT2D eigenvalue weighted by atomic mass is 16.5. The van der Waals surface area contributed by atoms with Crippen molar-refractivity contribution in [3.8, 4) is 0 Å². The van der Waals surface area contributed by atoms with E-state index in [1.165, 1.54) is 0 Å². The molecule has 4 rings (SSSR count). The first-order chi connectivity index (χ1) is 16.9. The first-order valence-corrected chi connectivity index (χ1v) is 11.7. The van der Waals surface area contributed by atoms with Crippen molar-refractivity contribution in [3.05, 3.63) is 83.0 Å². The number of aromatic nitrogens is 1. The van der Waals surface area contributed by atoms with Gasteiger partial charge in [0.2, 0.25) is 0 Å². The maximum absolute atomic E-state index is 12.8. The number of hydrogen-bond acceptors (Lipinski definition) is 5. The fourth-order valence-electron chi connectivity index (χ4n) is 4.35. The van der Waals surface area contributed by atoms with Gasteiger partial charge in [0.1, 0.15) is 6.54 Å². The van der Waals surface area contributed by atoms with Crippen molar-refractivity contribution in [2.75, 3.05) is 23.4 Å². The number of carbonyl (C=O) groups excluding carboxylic acids is 2. The largest absolute Gasteiger partial charge is 0.454 e. The Labute approximate surface area is 203 Å². The molecule has 35 heavy (non-hydrogen) atoms. The van der Waals surface area contributed by atoms with Gasteiger partial charge in [-0.15, -0.1) is 0 Å². The molecule has 0 atom stereocenters. The van der Waals surface area contributed by atoms with E-state index in [-0.39, 0.29) is 12.0 Å². The highest BCUT2D eigenvalue weighted by Crippen LogP contribution is 2.21. The average molecular weight is 472 g/mol. The van der Waals surface area contributed by atoms with E-state index in [9.17, 15) is 14.4 Å². The molecule has 0 unspecified atom stereocenters. The molecule has 1 amide bonds. The molecule has 0 saturated carbocycles. The number of anilines is 2. The zero-order valence-corrected chi connectivity index (χ0v) is 20.2. The van der Waals surface area contributed by atoms with Crippen LogP contribution in [-0.4, -0.2) is 35.6 Å². The van der Waals surface area contributed by atoms with Crippen LogP contribution < -0.4 is 15.6 Å². The molecule has 7 heteroatoms. The standard InChI is InChI=1S/C28H29N3O4/c1-4-30(19(2)3)21-15-13-20(14-16-21)29-26(32)18-35-27(33)17-31-24-11-7-5-9-22(24)28(34)23-10-6-8-12-25(23)31/h5-16,19H,4,17-18H2,1-3H3,(H,29,32). The Morgan fingerprint density at radius 2 is 1.49 bits per heavy atom. The maximum Gasteiger partial charge on any atom is 0.326 e. The van der Waals surface area contributed by atoms with Crippen LogP contribution in [0.4, 0.5) is 11.4 Å². The van der Waals surface area contributed by atoms with Crippen molar-refractivity contribution < 1.29 is 14.3 Å². The van der Waals surface area contributed by atoms with Crippen LogP contribution in [0.5, 0.6) is 0 Å². The molecule has 1 N–H and O–H groups in total. The lowest BCUT2D eigenvalue weighted by Gasteiger charge is -2.27. The van der Waals surface area contributed by atoms with Gasteiger partial charge in [-0.25, -0.2) is 0 Å². The molecule has 7 nitrogen and oxygen atoms in total. The predicted molar refractivity (Wildman–Crippen MR) is 140 cm³/mol. The summed E-state index contributed by atoms with van der Waals surface area (Å²) in [6, 6.07) is 22.2. The summed E-state index contributed by atoms with van der Waals surface area (Å²) in [4.78, 5) is 40.1. The number of para-hydroxylation sites is 2. The summed E-state index contributed by atoms with van der Waals surface area (Å²) in [6.07, 6.45) is 0. The highest BCUT2D eigenvalue weighted by molar-refractivity contribution is 5.95. The number of benzene rings is 3. The molecule has 1 aromatic heterocycles. The zero-order valence-electron chi connectivity index (χ0n) is 20.2. The minimum absolute atomic E-state index is 0.0818. The summed E-state index contributed by atoms with van der Waals surface area (Å²) in [7, 11) is 0. The van der Waals surface area contributed by atoms with Gasteiger partial charge in [-0.05, 0) is 69.3 Å². The second kappa shape index (κ2) is 10.4. The first kappa shape index (κ1) is 24.0. The Morgan fingerprint density at radius 1 is 0.914 bits per heavy atom. The van der Waals surface area contributed by atoms with E-state index in [2.05, 4.69) is 31.0 Å². The number of amides is 1. The molecule has 0 radical (unpaired) electrons. The van der Waals surface area contributed by atoms with Gasteiger partial charge in [-0.2, -0.15) is 0 Å². The number of carbonyl (C=O) groups is 2. The third-order valence-electron chi connectivity index (χ3n) is 5.98. The van der Waals surface area contributed by atoms with Gasteiger partial charge in [0.15, 0.2) is 12.0 Å². The van der Waals surface area contributed by atoms with Crippen molar-refractivity contribution in [3.63, 3.8) is 0 Å². The Hall–Kier alpha value is -4.13. The number of hydrogen-bond donors (Lipinski definition) is 1. The smallest absolute Gasteiger partial charge is 0.326 e. The molecule has 3 aromatic carbocycles. The topological polar surface area (TPSA) is 80.6 Å². The third kappa shape index (κ3) is 5.19. The normalized spacial score (nSPS) is 11.1. The number of pyridine rings is 1. The van der Waals surface area contributed by atoms with Crippen LogP contribution in [0.3, 0.4) is 0 Å². The SMILES string of the molecule is CCN(c1ccc(NC(=O)COC(=O)Cn2c3ccccc3c(=O)c3ccccc32)cc1)C(C)C. The van der Waals surface area contributed by atoms with Crippen molar-refractivity contribution in [1.29, 1.82) is 0 Å². The number of nitrogens with zero attached hydrogens (tertiary/aromatic N) is 2. The summed E-state index contributed by atoms with van der Waals surface area (Å²) in [5.74, 6) is -0.984. The zero-order chi connectivity index (χ0) is 24.9. The van der Waals surface area contributed by atoms with Crippen LogP contribution in [0.15, 0.2) is 77.6 Å². The number of nitrogens with one attached hydrogen (secondary N) is 1. The van der Waals surface area contributed by atoms with Crippen molar-refractivity contribution in [2.24, 2.45) is 0 Å². The number of ether oxygens (including phenoxy) is 1. The fraction of sp³-hybridized carbons (Fsp3) is 0.250. The molecule has 180 valence electrons. The van der Waals surface area contributed by atoms with E-state index in [0.29, 0.717) is 33.5 Å². The lowest BCUT2D eigenvalue weighted by molar-refractivity contribution is -0.147. The number of rotatable bonds is 8. The number of esters is 1. The summed E-state index contributed by atoms with van der Waals surface area (Å²) < 4.78 is 7.01. The Kier molecular flexibility index (Phi) is 7.15. The molecular weight excluding hydrogens is 442 g/mol. The third-order valence-corrected chi connectivity index (χ3v) is 5.98. The van der Waals surface area contributed by atoms with E-state index in [4.69, 9.17) is 4.74 Å². The monoisotopic (exact) mass is 471 g/mol. The van der Waals surface area contributed by atoms with Gasteiger partial charge in [-0.3, -0.25) is 14.4 Å². The van der Waals surface area contributed by atoms with Crippen molar-refractivity contribution >= 4 is 45.1 Å². The van der Waals surface area contributed by atoms with Crippen LogP contribution in [0, 0.1) is 0 Å². The molecule has 0 saturated heterocycles. The minimum atomic E-state index is -0.565. The van der Waals surface area contributed by atoms with E-state index in [1.807, 2.05) is 36.4 Å². The fourth-order valence-corrected chi connectivity index (χ4v) is 4.35. The molecule has 0 aliphatic carbocycles. The minimum Gasteiger partial charge on any atom is -0.454 e. The predicted octanol–water partition coefficient (Wildman–Crippen LogP) is 4.57. The molecule has 0 fully saturated rings. The molecular formula is C28H29N3O4. The first-order valence-electron chi connectivity index (χ1n) is 11.7. The van der Waals surface area contributed by atoms with E-state index in [1.54, 1.807) is 41.0 Å². The molecule has 0 aliphatic heterocycles. The molecule has 0 aliphatic rings. The Bertz CT molecular complexity index is 1360. The van der Waals surface area contributed by atoms with Crippen molar-refractivity contribution in [2.45, 2.75) is 33.4 Å². The lowest BCUT2D eigenvalue weighted by atomic mass is 10.1. The van der Waals surface area contributed by atoms with Crippen LogP contribution in [-0.2, 0) is 20.9 Å². The summed E-state index contributed by atoms with van der Waals surface area (Å²) in [6.45, 7) is 6.73. The second-order valence-corrected chi connectivity index (χ2v) is 8.59. The quantitative estimate of drug-likeness (QED) is 0.301. The van der Waals surface area contributed by atoms with Crippen LogP contribution >= 0.6 is 0 Å². The van der Waals surface area contributed by atoms with E-state index in [0.717, 1.165) is 12.2 Å². The van der Waals surface area contributed by atoms with Gasteiger partial charge < -0.3 is 19.5 Å². The maximum atomic E-state index is 12.8. The Morgan fingerprint density at radius 3 is 2.03 bits per heavy atom. The molecule has 4 aromatic rings. The van der Waals surface area contributed by atoms with E-state index < -0.39 is 18.5 Å². The second-order valence-electron chi connectivity index (χ2n) is 8.59. The average Bonchev–Trinajstić information content (AvgIpc) is 2.86. The number of fused-ring (bicyclic) bond motifs is 2. The lowest BCUT2D eigenvalue weighted by Crippen LogP contribution is -2.30. The van der Waals surface area contributed by atoms with Crippen LogP contribution in [0.2, 0.25) is 0 Å². The summed E-state index contributed by atoms with van der Waals surface area (Å²) in [5.41, 5.74) is 2.90. The summed E-state index contributed by atoms with van der Waals surface area (Å²) >= 11 is 0. The molecule has 0 bridgehead atoms. The van der Waals surface area contributed by atoms with Gasteiger partial charge in [0.05, 0.1) is 11.0 Å². The van der Waals surface area contributed by atoms with Gasteiger partial charge in [0, 0.05) is 34.7 Å². The van der Waals surface area contributed by atoms with Crippen LogP contribution in [0.1, 0.15) is 20.8 Å². The van der Waals surface area contributed by atoms with Crippen LogP contribution in [0.25, 0.3) is 21.8 Å². The van der Waals surface area contributed by atoms with Gasteiger partial charge >= 0.3 is 5.97 Å². The van der Waals surface area contributed by atoms with Crippen molar-refractivity contribution in [1.82, 2.24) is 4.57 Å². The Balaban J connectivity index is 1.43. The summed E-state index contributed by atoms with van der Waals surface area (Å²) in [5, 5.41) is 3.81.